The van der Waals surface area contributed by atoms with Gasteiger partial charge in [0.05, 0.1) is 10.5 Å². The fourth-order valence-corrected chi connectivity index (χ4v) is 2.82. The van der Waals surface area contributed by atoms with E-state index in [4.69, 9.17) is 4.74 Å². The van der Waals surface area contributed by atoms with Crippen LogP contribution in [0.5, 0.6) is 0 Å². The lowest BCUT2D eigenvalue weighted by molar-refractivity contribution is -0.119. The highest BCUT2D eigenvalue weighted by atomic mass is 32.2. The Morgan fingerprint density at radius 1 is 1.04 bits per heavy atom. The Morgan fingerprint density at radius 3 is 2.28 bits per heavy atom. The normalized spacial score (nSPS) is 11.0. The molecule has 0 unspecified atom stereocenters. The van der Waals surface area contributed by atoms with Crippen LogP contribution >= 0.6 is 0 Å². The number of hydrogen-bond acceptors (Lipinski definition) is 5. The van der Waals surface area contributed by atoms with Gasteiger partial charge < -0.3 is 10.1 Å². The van der Waals surface area contributed by atoms with Crippen molar-refractivity contribution < 1.29 is 22.7 Å². The average molecular weight is 361 g/mol. The number of carbonyl (C=O) groups is 2. The Hall–Kier alpha value is -2.67. The Balaban J connectivity index is 1.94. The molecule has 0 saturated heterocycles. The first-order chi connectivity index (χ1) is 11.8. The molecule has 0 saturated carbocycles. The quantitative estimate of drug-likeness (QED) is 0.798. The number of aryl methyl sites for hydroxylation is 1. The molecule has 0 aromatic heterocycles. The highest BCUT2D eigenvalue weighted by Gasteiger charge is 2.13. The summed E-state index contributed by atoms with van der Waals surface area (Å²) >= 11 is 0. The van der Waals surface area contributed by atoms with E-state index >= 15 is 0 Å². The molecule has 0 bridgehead atoms. The first kappa shape index (κ1) is 18.7. The summed E-state index contributed by atoms with van der Waals surface area (Å²) in [5.74, 6) is -1.14. The van der Waals surface area contributed by atoms with Crippen LogP contribution in [-0.4, -0.2) is 33.2 Å². The van der Waals surface area contributed by atoms with E-state index in [9.17, 15) is 18.0 Å². The number of sulfone groups is 1. The Bertz CT molecular complexity index is 873. The van der Waals surface area contributed by atoms with Crippen LogP contribution in [-0.2, 0) is 25.8 Å². The van der Waals surface area contributed by atoms with Gasteiger partial charge in [-0.25, -0.2) is 13.2 Å². The highest BCUT2D eigenvalue weighted by Crippen LogP contribution is 2.15. The molecule has 1 amide bonds. The number of nitrogens with one attached hydrogen (secondary N) is 1. The standard InChI is InChI=1S/C18H19NO5S/c1-3-13-6-4-5-7-16(13)19-17(20)12-24-18(21)14-8-10-15(11-9-14)25(2,22)23/h4-11H,3,12H2,1-2H3,(H,19,20). The summed E-state index contributed by atoms with van der Waals surface area (Å²) in [6.45, 7) is 1.55. The number of para-hydroxylation sites is 1. The molecule has 0 spiro atoms. The second-order valence-electron chi connectivity index (χ2n) is 5.43. The van der Waals surface area contributed by atoms with Gasteiger partial charge >= 0.3 is 5.97 Å². The van der Waals surface area contributed by atoms with Gasteiger partial charge in [0.2, 0.25) is 0 Å². The van der Waals surface area contributed by atoms with Crippen LogP contribution in [0.25, 0.3) is 0 Å². The maximum absolute atomic E-state index is 11.9. The Labute approximate surface area is 146 Å². The minimum absolute atomic E-state index is 0.109. The van der Waals surface area contributed by atoms with Gasteiger partial charge in [0, 0.05) is 11.9 Å². The molecule has 7 heteroatoms. The van der Waals surface area contributed by atoms with E-state index in [0.29, 0.717) is 5.69 Å². The Kier molecular flexibility index (Phi) is 5.93. The average Bonchev–Trinajstić information content (AvgIpc) is 2.59. The summed E-state index contributed by atoms with van der Waals surface area (Å²) < 4.78 is 27.7. The molecule has 0 aliphatic rings. The van der Waals surface area contributed by atoms with Crippen molar-refractivity contribution in [1.29, 1.82) is 0 Å². The van der Waals surface area contributed by atoms with Crippen molar-refractivity contribution in [1.82, 2.24) is 0 Å². The summed E-state index contributed by atoms with van der Waals surface area (Å²) in [5.41, 5.74) is 1.84. The monoisotopic (exact) mass is 361 g/mol. The van der Waals surface area contributed by atoms with E-state index in [1.807, 2.05) is 25.1 Å². The molecular weight excluding hydrogens is 342 g/mol. The molecule has 0 fully saturated rings. The summed E-state index contributed by atoms with van der Waals surface area (Å²) in [6, 6.07) is 12.7. The first-order valence-electron chi connectivity index (χ1n) is 7.66. The lowest BCUT2D eigenvalue weighted by Gasteiger charge is -2.10. The third-order valence-electron chi connectivity index (χ3n) is 3.52. The second-order valence-corrected chi connectivity index (χ2v) is 7.45. The van der Waals surface area contributed by atoms with Crippen molar-refractivity contribution in [3.63, 3.8) is 0 Å². The smallest absolute Gasteiger partial charge is 0.338 e. The van der Waals surface area contributed by atoms with Gasteiger partial charge in [0.15, 0.2) is 16.4 Å². The van der Waals surface area contributed by atoms with E-state index in [1.54, 1.807) is 6.07 Å². The summed E-state index contributed by atoms with van der Waals surface area (Å²) in [4.78, 5) is 24.0. The zero-order chi connectivity index (χ0) is 18.4. The van der Waals surface area contributed by atoms with Gasteiger partial charge in [0.1, 0.15) is 0 Å². The predicted octanol–water partition coefficient (Wildman–Crippen LogP) is 2.45. The number of hydrogen-bond donors (Lipinski definition) is 1. The largest absolute Gasteiger partial charge is 0.452 e. The SMILES string of the molecule is CCc1ccccc1NC(=O)COC(=O)c1ccc(S(C)(=O)=O)cc1. The van der Waals surface area contributed by atoms with E-state index in [1.165, 1.54) is 24.3 Å². The van der Waals surface area contributed by atoms with Gasteiger partial charge in [-0.05, 0) is 42.3 Å². The van der Waals surface area contributed by atoms with Crippen LogP contribution in [0.2, 0.25) is 0 Å². The van der Waals surface area contributed by atoms with Crippen LogP contribution in [0, 0.1) is 0 Å². The molecule has 25 heavy (non-hydrogen) atoms. The number of rotatable bonds is 6. The molecular formula is C18H19NO5S. The van der Waals surface area contributed by atoms with Crippen molar-refractivity contribution in [2.45, 2.75) is 18.2 Å². The molecule has 6 nitrogen and oxygen atoms in total. The summed E-state index contributed by atoms with van der Waals surface area (Å²) in [6.07, 6.45) is 1.85. The molecule has 1 N–H and O–H groups in total. The number of anilines is 1. The third-order valence-corrected chi connectivity index (χ3v) is 4.65. The molecule has 2 aromatic carbocycles. The predicted molar refractivity (Wildman–Crippen MR) is 94.3 cm³/mol. The minimum Gasteiger partial charge on any atom is -0.452 e. The number of ether oxygens (including phenoxy) is 1. The maximum Gasteiger partial charge on any atom is 0.338 e. The lowest BCUT2D eigenvalue weighted by Crippen LogP contribution is -2.21. The molecule has 2 rings (SSSR count). The highest BCUT2D eigenvalue weighted by molar-refractivity contribution is 7.90. The van der Waals surface area contributed by atoms with Gasteiger partial charge in [-0.1, -0.05) is 25.1 Å². The number of carbonyl (C=O) groups excluding carboxylic acids is 2. The van der Waals surface area contributed by atoms with Crippen molar-refractivity contribution in [2.24, 2.45) is 0 Å². The maximum atomic E-state index is 11.9. The minimum atomic E-state index is -3.33. The van der Waals surface area contributed by atoms with Crippen LogP contribution in [0.4, 0.5) is 5.69 Å². The molecule has 2 aromatic rings. The van der Waals surface area contributed by atoms with E-state index in [0.717, 1.165) is 18.2 Å². The van der Waals surface area contributed by atoms with Crippen LogP contribution in [0.1, 0.15) is 22.8 Å². The second kappa shape index (κ2) is 7.94. The number of amides is 1. The van der Waals surface area contributed by atoms with Crippen molar-refractivity contribution in [3.8, 4) is 0 Å². The van der Waals surface area contributed by atoms with Crippen LogP contribution in [0.15, 0.2) is 53.4 Å². The van der Waals surface area contributed by atoms with Crippen LogP contribution < -0.4 is 5.32 Å². The number of benzene rings is 2. The molecule has 0 heterocycles. The molecule has 0 aliphatic heterocycles. The van der Waals surface area contributed by atoms with Gasteiger partial charge in [-0.15, -0.1) is 0 Å². The van der Waals surface area contributed by atoms with E-state index in [-0.39, 0.29) is 10.5 Å². The molecule has 132 valence electrons. The van der Waals surface area contributed by atoms with E-state index in [2.05, 4.69) is 5.32 Å². The molecule has 0 aliphatic carbocycles. The topological polar surface area (TPSA) is 89.5 Å². The third kappa shape index (κ3) is 5.15. The van der Waals surface area contributed by atoms with Gasteiger partial charge in [-0.2, -0.15) is 0 Å². The number of esters is 1. The Morgan fingerprint density at radius 2 is 1.68 bits per heavy atom. The fraction of sp³-hybridized carbons (Fsp3) is 0.222. The van der Waals surface area contributed by atoms with Crippen molar-refractivity contribution in [2.75, 3.05) is 18.2 Å². The van der Waals surface area contributed by atoms with Gasteiger partial charge in [-0.3, -0.25) is 4.79 Å². The first-order valence-corrected chi connectivity index (χ1v) is 9.55. The fourth-order valence-electron chi connectivity index (χ4n) is 2.19. The summed E-state index contributed by atoms with van der Waals surface area (Å²) in [7, 11) is -3.33. The zero-order valence-electron chi connectivity index (χ0n) is 14.0. The molecule has 0 atom stereocenters. The van der Waals surface area contributed by atoms with E-state index < -0.39 is 28.3 Å². The van der Waals surface area contributed by atoms with Crippen LogP contribution in [0.3, 0.4) is 0 Å². The van der Waals surface area contributed by atoms with Crippen molar-refractivity contribution >= 4 is 27.4 Å². The zero-order valence-corrected chi connectivity index (χ0v) is 14.8. The molecule has 0 radical (unpaired) electrons. The summed E-state index contributed by atoms with van der Waals surface area (Å²) in [5, 5.41) is 2.70. The van der Waals surface area contributed by atoms with Crippen molar-refractivity contribution in [3.05, 3.63) is 59.7 Å². The van der Waals surface area contributed by atoms with Gasteiger partial charge in [0.25, 0.3) is 5.91 Å². The lowest BCUT2D eigenvalue weighted by atomic mass is 10.1.